The number of hydrogen-bond acceptors (Lipinski definition) is 4. The second-order valence-electron chi connectivity index (χ2n) is 6.86. The molecule has 0 heterocycles. The molecule has 0 radical (unpaired) electrons. The van der Waals surface area contributed by atoms with E-state index in [9.17, 15) is 30.8 Å². The van der Waals surface area contributed by atoms with Crippen molar-refractivity contribution in [1.29, 1.82) is 0 Å². The molecular weight excluding hydrogens is 450 g/mol. The van der Waals surface area contributed by atoms with E-state index in [1.165, 1.54) is 30.3 Å². The van der Waals surface area contributed by atoms with Gasteiger partial charge in [0, 0.05) is 18.4 Å². The SMILES string of the molecule is CS(=O)(=O)c1cc(F)ccc1CNC(=O)c1cccc(Oc2ccc(C(F)(F)F)cc2)c1. The molecule has 0 saturated carbocycles. The second-order valence-corrected chi connectivity index (χ2v) is 8.84. The van der Waals surface area contributed by atoms with Gasteiger partial charge in [-0.15, -0.1) is 0 Å². The van der Waals surface area contributed by atoms with Gasteiger partial charge in [0.1, 0.15) is 17.3 Å². The summed E-state index contributed by atoms with van der Waals surface area (Å²) in [5.74, 6) is -0.893. The lowest BCUT2D eigenvalue weighted by atomic mass is 10.1. The molecule has 0 saturated heterocycles. The van der Waals surface area contributed by atoms with Crippen LogP contribution >= 0.6 is 0 Å². The van der Waals surface area contributed by atoms with E-state index in [0.29, 0.717) is 0 Å². The molecule has 0 bridgehead atoms. The molecule has 3 aromatic rings. The normalized spacial score (nSPS) is 11.8. The van der Waals surface area contributed by atoms with Crippen molar-refractivity contribution < 1.29 is 35.5 Å². The second kappa shape index (κ2) is 8.99. The molecule has 32 heavy (non-hydrogen) atoms. The average molecular weight is 467 g/mol. The first kappa shape index (κ1) is 23.3. The van der Waals surface area contributed by atoms with Gasteiger partial charge in [-0.1, -0.05) is 12.1 Å². The van der Waals surface area contributed by atoms with Crippen molar-refractivity contribution in [3.8, 4) is 11.5 Å². The Kier molecular flexibility index (Phi) is 6.54. The summed E-state index contributed by atoms with van der Waals surface area (Å²) in [6.07, 6.45) is -3.52. The summed E-state index contributed by atoms with van der Waals surface area (Å²) in [5.41, 5.74) is -0.413. The van der Waals surface area contributed by atoms with Gasteiger partial charge in [-0.05, 0) is 60.2 Å². The Hall–Kier alpha value is -3.40. The van der Waals surface area contributed by atoms with Crippen molar-refractivity contribution in [2.45, 2.75) is 17.6 Å². The maximum Gasteiger partial charge on any atom is 0.416 e. The summed E-state index contributed by atoms with van der Waals surface area (Å²) >= 11 is 0. The van der Waals surface area contributed by atoms with Gasteiger partial charge in [-0.2, -0.15) is 13.2 Å². The number of carbonyl (C=O) groups is 1. The zero-order valence-electron chi connectivity index (χ0n) is 16.6. The van der Waals surface area contributed by atoms with Crippen LogP contribution in [0, 0.1) is 5.82 Å². The van der Waals surface area contributed by atoms with Crippen LogP contribution in [0.25, 0.3) is 0 Å². The number of rotatable bonds is 6. The highest BCUT2D eigenvalue weighted by Crippen LogP contribution is 2.31. The van der Waals surface area contributed by atoms with Crippen LogP contribution in [0.1, 0.15) is 21.5 Å². The third-order valence-corrected chi connectivity index (χ3v) is 5.56. The fourth-order valence-corrected chi connectivity index (χ4v) is 3.79. The number of nitrogens with one attached hydrogen (secondary N) is 1. The highest BCUT2D eigenvalue weighted by atomic mass is 32.2. The number of halogens is 4. The van der Waals surface area contributed by atoms with E-state index in [1.54, 1.807) is 0 Å². The lowest BCUT2D eigenvalue weighted by Gasteiger charge is -2.11. The molecule has 0 aliphatic carbocycles. The molecule has 1 amide bonds. The molecule has 168 valence electrons. The highest BCUT2D eigenvalue weighted by molar-refractivity contribution is 7.90. The van der Waals surface area contributed by atoms with Crippen LogP contribution in [-0.2, 0) is 22.6 Å². The Morgan fingerprint density at radius 1 is 0.969 bits per heavy atom. The fourth-order valence-electron chi connectivity index (χ4n) is 2.85. The Bertz CT molecular complexity index is 1240. The van der Waals surface area contributed by atoms with Crippen molar-refractivity contribution in [2.75, 3.05) is 6.26 Å². The fraction of sp³-hybridized carbons (Fsp3) is 0.136. The van der Waals surface area contributed by atoms with E-state index in [1.807, 2.05) is 0 Å². The van der Waals surface area contributed by atoms with Gasteiger partial charge in [0.15, 0.2) is 9.84 Å². The largest absolute Gasteiger partial charge is 0.457 e. The highest BCUT2D eigenvalue weighted by Gasteiger charge is 2.30. The summed E-state index contributed by atoms with van der Waals surface area (Å²) in [7, 11) is -3.70. The Morgan fingerprint density at radius 3 is 2.28 bits per heavy atom. The van der Waals surface area contributed by atoms with Crippen LogP contribution in [0.2, 0.25) is 0 Å². The van der Waals surface area contributed by atoms with Gasteiger partial charge in [-0.3, -0.25) is 4.79 Å². The van der Waals surface area contributed by atoms with Crippen molar-refractivity contribution in [2.24, 2.45) is 0 Å². The summed E-state index contributed by atoms with van der Waals surface area (Å²) in [5, 5.41) is 2.56. The van der Waals surface area contributed by atoms with Crippen molar-refractivity contribution in [3.05, 3.63) is 89.2 Å². The lowest BCUT2D eigenvalue weighted by molar-refractivity contribution is -0.137. The van der Waals surface area contributed by atoms with Gasteiger partial charge in [-0.25, -0.2) is 12.8 Å². The van der Waals surface area contributed by atoms with Gasteiger partial charge < -0.3 is 10.1 Å². The zero-order valence-corrected chi connectivity index (χ0v) is 17.4. The maximum atomic E-state index is 13.4. The minimum atomic E-state index is -4.46. The topological polar surface area (TPSA) is 72.5 Å². The van der Waals surface area contributed by atoms with Crippen LogP contribution in [-0.4, -0.2) is 20.6 Å². The molecule has 0 aromatic heterocycles. The van der Waals surface area contributed by atoms with Crippen LogP contribution < -0.4 is 10.1 Å². The Labute approximate surface area is 181 Å². The molecule has 0 aliphatic heterocycles. The molecule has 10 heteroatoms. The molecular formula is C22H17F4NO4S. The number of alkyl halides is 3. The van der Waals surface area contributed by atoms with Crippen molar-refractivity contribution in [3.63, 3.8) is 0 Å². The number of sulfone groups is 1. The molecule has 3 aromatic carbocycles. The number of ether oxygens (including phenoxy) is 1. The maximum absolute atomic E-state index is 13.4. The molecule has 1 N–H and O–H groups in total. The number of carbonyl (C=O) groups excluding carboxylic acids is 1. The van der Waals surface area contributed by atoms with Crippen molar-refractivity contribution in [1.82, 2.24) is 5.32 Å². The van der Waals surface area contributed by atoms with Crippen LogP contribution in [0.4, 0.5) is 17.6 Å². The zero-order chi connectivity index (χ0) is 23.5. The number of benzene rings is 3. The minimum Gasteiger partial charge on any atom is -0.457 e. The van der Waals surface area contributed by atoms with Gasteiger partial charge in [0.05, 0.1) is 10.5 Å². The minimum absolute atomic E-state index is 0.152. The molecule has 0 unspecified atom stereocenters. The van der Waals surface area contributed by atoms with Gasteiger partial charge in [0.25, 0.3) is 5.91 Å². The van der Waals surface area contributed by atoms with E-state index in [2.05, 4.69) is 5.32 Å². The van der Waals surface area contributed by atoms with E-state index in [4.69, 9.17) is 4.74 Å². The summed E-state index contributed by atoms with van der Waals surface area (Å²) in [4.78, 5) is 12.3. The van der Waals surface area contributed by atoms with Gasteiger partial charge in [0.2, 0.25) is 0 Å². The number of hydrogen-bond donors (Lipinski definition) is 1. The molecule has 3 rings (SSSR count). The van der Waals surface area contributed by atoms with E-state index < -0.39 is 33.3 Å². The summed E-state index contributed by atoms with van der Waals surface area (Å²) < 4.78 is 80.6. The van der Waals surface area contributed by atoms with E-state index >= 15 is 0 Å². The summed E-state index contributed by atoms with van der Waals surface area (Å²) in [6, 6.07) is 13.3. The van der Waals surface area contributed by atoms with Crippen molar-refractivity contribution >= 4 is 15.7 Å². The first-order valence-corrected chi connectivity index (χ1v) is 11.0. The van der Waals surface area contributed by atoms with E-state index in [-0.39, 0.29) is 34.1 Å². The molecule has 0 spiro atoms. The monoisotopic (exact) mass is 467 g/mol. The average Bonchev–Trinajstić information content (AvgIpc) is 2.72. The molecule has 0 aliphatic rings. The Morgan fingerprint density at radius 2 is 1.66 bits per heavy atom. The third-order valence-electron chi connectivity index (χ3n) is 4.38. The summed E-state index contributed by atoms with van der Waals surface area (Å²) in [6.45, 7) is -0.161. The molecule has 0 fully saturated rings. The molecule has 5 nitrogen and oxygen atoms in total. The smallest absolute Gasteiger partial charge is 0.416 e. The Balaban J connectivity index is 1.71. The predicted octanol–water partition coefficient (Wildman–Crippen LogP) is 4.97. The lowest BCUT2D eigenvalue weighted by Crippen LogP contribution is -2.23. The number of amides is 1. The third kappa shape index (κ3) is 5.85. The predicted molar refractivity (Wildman–Crippen MR) is 109 cm³/mol. The van der Waals surface area contributed by atoms with Crippen LogP contribution in [0.15, 0.2) is 71.6 Å². The van der Waals surface area contributed by atoms with Crippen LogP contribution in [0.3, 0.4) is 0 Å². The van der Waals surface area contributed by atoms with E-state index in [0.717, 1.165) is 42.7 Å². The van der Waals surface area contributed by atoms with Crippen LogP contribution in [0.5, 0.6) is 11.5 Å². The van der Waals surface area contributed by atoms with Gasteiger partial charge >= 0.3 is 6.18 Å². The molecule has 0 atom stereocenters. The first-order chi connectivity index (χ1) is 14.9. The quantitative estimate of drug-likeness (QED) is 0.520. The first-order valence-electron chi connectivity index (χ1n) is 9.15. The standard InChI is InChI=1S/C22H17F4NO4S/c1-32(29,30)20-12-17(23)8-5-15(20)13-27-21(28)14-3-2-4-19(11-14)31-18-9-6-16(7-10-18)22(24,25)26/h2-12H,13H2,1H3,(H,27,28).